The number of allylic oxidation sites excluding steroid dienone is 2. The van der Waals surface area contributed by atoms with Gasteiger partial charge in [0.2, 0.25) is 0 Å². The molecule has 0 heterocycles. The van der Waals surface area contributed by atoms with Crippen LogP contribution in [0.5, 0.6) is 0 Å². The van der Waals surface area contributed by atoms with Crippen molar-refractivity contribution in [2.45, 2.75) is 58.8 Å². The van der Waals surface area contributed by atoms with E-state index in [1.165, 1.54) is 0 Å². The Morgan fingerprint density at radius 3 is 2.17 bits per heavy atom. The van der Waals surface area contributed by atoms with E-state index in [0.29, 0.717) is 48.0 Å². The van der Waals surface area contributed by atoms with Crippen molar-refractivity contribution in [2.75, 3.05) is 0 Å². The first-order valence-electron chi connectivity index (χ1n) is 8.46. The molecular formula is C20H24O3. The second-order valence-corrected chi connectivity index (χ2v) is 6.16. The first-order chi connectivity index (χ1) is 11.1. The Kier molecular flexibility index (Phi) is 6.03. The average molecular weight is 312 g/mol. The lowest BCUT2D eigenvalue weighted by Crippen LogP contribution is -2.21. The number of hydrogen-bond donors (Lipinski definition) is 0. The van der Waals surface area contributed by atoms with Crippen molar-refractivity contribution < 1.29 is 14.4 Å². The number of ketones is 3. The topological polar surface area (TPSA) is 51.2 Å². The van der Waals surface area contributed by atoms with Crippen molar-refractivity contribution in [1.82, 2.24) is 0 Å². The number of Topliss-reactive ketones (excluding diaryl/α,β-unsaturated/α-hetero) is 3. The maximum atomic E-state index is 12.6. The minimum atomic E-state index is -0.0653. The van der Waals surface area contributed by atoms with Crippen molar-refractivity contribution >= 4 is 17.3 Å². The molecule has 0 spiro atoms. The Bertz CT molecular complexity index is 653. The minimum Gasteiger partial charge on any atom is -0.300 e. The van der Waals surface area contributed by atoms with E-state index in [-0.39, 0.29) is 17.3 Å². The monoisotopic (exact) mass is 312 g/mol. The van der Waals surface area contributed by atoms with Crippen molar-refractivity contribution in [3.63, 3.8) is 0 Å². The van der Waals surface area contributed by atoms with Gasteiger partial charge < -0.3 is 0 Å². The highest BCUT2D eigenvalue weighted by molar-refractivity contribution is 6.26. The summed E-state index contributed by atoms with van der Waals surface area (Å²) in [6, 6.07) is 6.96. The smallest absolute Gasteiger partial charge is 0.190 e. The second-order valence-electron chi connectivity index (χ2n) is 6.16. The molecule has 0 amide bonds. The van der Waals surface area contributed by atoms with Gasteiger partial charge in [0.05, 0.1) is 0 Å². The molecular weight excluding hydrogens is 288 g/mol. The van der Waals surface area contributed by atoms with Crippen LogP contribution in [-0.2, 0) is 4.79 Å². The molecule has 0 unspecified atom stereocenters. The zero-order valence-corrected chi connectivity index (χ0v) is 14.0. The summed E-state index contributed by atoms with van der Waals surface area (Å²) in [5, 5.41) is 0. The van der Waals surface area contributed by atoms with Crippen molar-refractivity contribution in [3.8, 4) is 0 Å². The molecule has 2 rings (SSSR count). The molecule has 122 valence electrons. The third-order valence-corrected chi connectivity index (χ3v) is 4.43. The quantitative estimate of drug-likeness (QED) is 0.654. The van der Waals surface area contributed by atoms with Gasteiger partial charge in [0.25, 0.3) is 0 Å². The van der Waals surface area contributed by atoms with E-state index in [1.807, 2.05) is 0 Å². The highest BCUT2D eigenvalue weighted by atomic mass is 16.1. The summed E-state index contributed by atoms with van der Waals surface area (Å²) < 4.78 is 0. The minimum absolute atomic E-state index is 0.0591. The second kappa shape index (κ2) is 8.00. The summed E-state index contributed by atoms with van der Waals surface area (Å²) in [7, 11) is 0. The molecule has 0 N–H and O–H groups in total. The van der Waals surface area contributed by atoms with E-state index < -0.39 is 0 Å². The van der Waals surface area contributed by atoms with Crippen LogP contribution in [0.1, 0.15) is 79.5 Å². The summed E-state index contributed by atoms with van der Waals surface area (Å²) in [6.07, 6.45) is 5.39. The SMILES string of the molecule is CCCCCC(=O)CCCC1=C(C)C(=O)c2ccccc2C1=O. The molecule has 0 aliphatic heterocycles. The predicted octanol–water partition coefficient (Wildman–Crippen LogP) is 4.70. The molecule has 0 atom stereocenters. The molecule has 1 aromatic carbocycles. The van der Waals surface area contributed by atoms with E-state index in [4.69, 9.17) is 0 Å². The molecule has 3 nitrogen and oxygen atoms in total. The Hall–Kier alpha value is -2.03. The maximum Gasteiger partial charge on any atom is 0.190 e. The van der Waals surface area contributed by atoms with Crippen LogP contribution in [0.3, 0.4) is 0 Å². The summed E-state index contributed by atoms with van der Waals surface area (Å²) in [4.78, 5) is 36.7. The molecule has 0 bridgehead atoms. The third-order valence-electron chi connectivity index (χ3n) is 4.43. The third kappa shape index (κ3) is 4.04. The molecule has 0 fully saturated rings. The highest BCUT2D eigenvalue weighted by Crippen LogP contribution is 2.28. The van der Waals surface area contributed by atoms with Crippen molar-refractivity contribution in [1.29, 1.82) is 0 Å². The summed E-state index contributed by atoms with van der Waals surface area (Å²) in [5.74, 6) is 0.132. The van der Waals surface area contributed by atoms with Gasteiger partial charge in [-0.25, -0.2) is 0 Å². The number of fused-ring (bicyclic) bond motifs is 1. The van der Waals surface area contributed by atoms with Gasteiger partial charge >= 0.3 is 0 Å². The van der Waals surface area contributed by atoms with Gasteiger partial charge in [0.15, 0.2) is 11.6 Å². The first kappa shape index (κ1) is 17.3. The molecule has 0 saturated carbocycles. The van der Waals surface area contributed by atoms with Gasteiger partial charge in [-0.3, -0.25) is 14.4 Å². The fraction of sp³-hybridized carbons (Fsp3) is 0.450. The zero-order chi connectivity index (χ0) is 16.8. The number of rotatable bonds is 8. The summed E-state index contributed by atoms with van der Waals surface area (Å²) in [5.41, 5.74) is 2.10. The molecule has 0 saturated heterocycles. The fourth-order valence-electron chi connectivity index (χ4n) is 3.01. The van der Waals surface area contributed by atoms with Crippen LogP contribution < -0.4 is 0 Å². The number of carbonyl (C=O) groups excluding carboxylic acids is 3. The Balaban J connectivity index is 1.98. The number of benzene rings is 1. The van der Waals surface area contributed by atoms with Gasteiger partial charge in [-0.05, 0) is 26.2 Å². The van der Waals surface area contributed by atoms with E-state index in [2.05, 4.69) is 6.92 Å². The van der Waals surface area contributed by atoms with Crippen LogP contribution in [0.2, 0.25) is 0 Å². The largest absolute Gasteiger partial charge is 0.300 e. The molecule has 23 heavy (non-hydrogen) atoms. The van der Waals surface area contributed by atoms with E-state index in [9.17, 15) is 14.4 Å². The van der Waals surface area contributed by atoms with Gasteiger partial charge in [-0.1, -0.05) is 44.0 Å². The van der Waals surface area contributed by atoms with Gasteiger partial charge in [0, 0.05) is 35.1 Å². The lowest BCUT2D eigenvalue weighted by Gasteiger charge is -2.18. The standard InChI is InChI=1S/C20H24O3/c1-3-4-5-9-15(21)10-8-13-16-14(2)19(22)17-11-6-7-12-18(17)20(16)23/h6-7,11-12H,3-5,8-10,13H2,1-2H3. The fourth-order valence-corrected chi connectivity index (χ4v) is 3.01. The van der Waals surface area contributed by atoms with Gasteiger partial charge in [0.1, 0.15) is 5.78 Å². The molecule has 1 aliphatic rings. The van der Waals surface area contributed by atoms with E-state index >= 15 is 0 Å². The van der Waals surface area contributed by atoms with Crippen LogP contribution in [0.25, 0.3) is 0 Å². The number of unbranched alkanes of at least 4 members (excludes halogenated alkanes) is 2. The Morgan fingerprint density at radius 1 is 0.913 bits per heavy atom. The maximum absolute atomic E-state index is 12.6. The number of hydrogen-bond acceptors (Lipinski definition) is 3. The van der Waals surface area contributed by atoms with Crippen molar-refractivity contribution in [3.05, 3.63) is 46.5 Å². The van der Waals surface area contributed by atoms with Crippen molar-refractivity contribution in [2.24, 2.45) is 0 Å². The Labute approximate surface area is 137 Å². The van der Waals surface area contributed by atoms with Gasteiger partial charge in [-0.2, -0.15) is 0 Å². The van der Waals surface area contributed by atoms with Crippen LogP contribution in [0.15, 0.2) is 35.4 Å². The lowest BCUT2D eigenvalue weighted by molar-refractivity contribution is -0.119. The van der Waals surface area contributed by atoms with Crippen LogP contribution >= 0.6 is 0 Å². The molecule has 1 aromatic rings. The summed E-state index contributed by atoms with van der Waals surface area (Å²) in [6.45, 7) is 3.83. The van der Waals surface area contributed by atoms with Gasteiger partial charge in [-0.15, -0.1) is 0 Å². The van der Waals surface area contributed by atoms with E-state index in [1.54, 1.807) is 31.2 Å². The van der Waals surface area contributed by atoms with Crippen LogP contribution in [-0.4, -0.2) is 17.3 Å². The highest BCUT2D eigenvalue weighted by Gasteiger charge is 2.28. The zero-order valence-electron chi connectivity index (χ0n) is 14.0. The lowest BCUT2D eigenvalue weighted by atomic mass is 9.82. The predicted molar refractivity (Wildman–Crippen MR) is 90.8 cm³/mol. The van der Waals surface area contributed by atoms with Crippen LogP contribution in [0.4, 0.5) is 0 Å². The molecule has 3 heteroatoms. The number of carbonyl (C=O) groups is 3. The molecule has 0 radical (unpaired) electrons. The van der Waals surface area contributed by atoms with Crippen LogP contribution in [0, 0.1) is 0 Å². The normalized spacial score (nSPS) is 14.2. The Morgan fingerprint density at radius 2 is 1.52 bits per heavy atom. The molecule has 0 aromatic heterocycles. The molecule has 1 aliphatic carbocycles. The first-order valence-corrected chi connectivity index (χ1v) is 8.46. The average Bonchev–Trinajstić information content (AvgIpc) is 2.56. The van der Waals surface area contributed by atoms with E-state index in [0.717, 1.165) is 19.3 Å². The summed E-state index contributed by atoms with van der Waals surface area (Å²) >= 11 is 0.